The van der Waals surface area contributed by atoms with Gasteiger partial charge in [-0.1, -0.05) is 54.1 Å². The van der Waals surface area contributed by atoms with Gasteiger partial charge in [-0.05, 0) is 42.0 Å². The highest BCUT2D eigenvalue weighted by molar-refractivity contribution is 6.30. The van der Waals surface area contributed by atoms with E-state index in [1.807, 2.05) is 42.5 Å². The van der Waals surface area contributed by atoms with E-state index in [0.29, 0.717) is 10.6 Å². The summed E-state index contributed by atoms with van der Waals surface area (Å²) in [4.78, 5) is 21.5. The first-order valence-electron chi connectivity index (χ1n) is 10.7. The SMILES string of the molecule is COC(=O)c1ccc(C(=Nc2ccc(Cl)cc2)N2CCN(Cc3ccccc3)CC2)cc1. The van der Waals surface area contributed by atoms with Crippen LogP contribution in [0.5, 0.6) is 0 Å². The van der Waals surface area contributed by atoms with Crippen molar-refractivity contribution in [2.45, 2.75) is 6.54 Å². The molecule has 0 N–H and O–H groups in total. The summed E-state index contributed by atoms with van der Waals surface area (Å²) >= 11 is 6.05. The summed E-state index contributed by atoms with van der Waals surface area (Å²) in [6.07, 6.45) is 0. The second-order valence-corrected chi connectivity index (χ2v) is 8.17. The first kappa shape index (κ1) is 22.1. The summed E-state index contributed by atoms with van der Waals surface area (Å²) in [6.45, 7) is 4.60. The lowest BCUT2D eigenvalue weighted by atomic mass is 10.1. The summed E-state index contributed by atoms with van der Waals surface area (Å²) < 4.78 is 4.82. The quantitative estimate of drug-likeness (QED) is 0.313. The standard InChI is InChI=1S/C26H26ClN3O2/c1-32-26(31)22-9-7-21(8-10-22)25(28-24-13-11-23(27)12-14-24)30-17-15-29(16-18-30)19-20-5-3-2-4-6-20/h2-14H,15-19H2,1H3. The molecule has 1 fully saturated rings. The van der Waals surface area contributed by atoms with Crippen molar-refractivity contribution in [2.75, 3.05) is 33.3 Å². The van der Waals surface area contributed by atoms with Crippen LogP contribution in [0.3, 0.4) is 0 Å². The second-order valence-electron chi connectivity index (χ2n) is 7.73. The Kier molecular flexibility index (Phi) is 7.20. The predicted molar refractivity (Wildman–Crippen MR) is 129 cm³/mol. The van der Waals surface area contributed by atoms with E-state index in [0.717, 1.165) is 49.8 Å². The molecule has 0 aromatic heterocycles. The number of amidine groups is 1. The zero-order valence-corrected chi connectivity index (χ0v) is 18.8. The van der Waals surface area contributed by atoms with E-state index in [1.165, 1.54) is 12.7 Å². The number of hydrogen-bond donors (Lipinski definition) is 0. The van der Waals surface area contributed by atoms with Gasteiger partial charge in [-0.15, -0.1) is 0 Å². The Morgan fingerprint density at radius 3 is 2.12 bits per heavy atom. The smallest absolute Gasteiger partial charge is 0.337 e. The summed E-state index contributed by atoms with van der Waals surface area (Å²) in [5, 5.41) is 0.683. The Labute approximate surface area is 193 Å². The van der Waals surface area contributed by atoms with Crippen LogP contribution in [0.1, 0.15) is 21.5 Å². The molecule has 0 spiro atoms. The van der Waals surface area contributed by atoms with Gasteiger partial charge in [0.1, 0.15) is 5.84 Å². The van der Waals surface area contributed by atoms with Crippen molar-refractivity contribution in [3.63, 3.8) is 0 Å². The Morgan fingerprint density at radius 2 is 1.50 bits per heavy atom. The predicted octanol–water partition coefficient (Wildman–Crippen LogP) is 5.02. The number of carbonyl (C=O) groups excluding carboxylic acids is 1. The fraction of sp³-hybridized carbons (Fsp3) is 0.231. The van der Waals surface area contributed by atoms with Crippen LogP contribution in [0.2, 0.25) is 5.02 Å². The number of ether oxygens (including phenoxy) is 1. The van der Waals surface area contributed by atoms with Gasteiger partial charge < -0.3 is 9.64 Å². The molecule has 1 aliphatic rings. The summed E-state index contributed by atoms with van der Waals surface area (Å²) in [5.41, 5.74) is 3.65. The van der Waals surface area contributed by atoms with Gasteiger partial charge in [-0.3, -0.25) is 4.90 Å². The number of benzene rings is 3. The first-order valence-corrected chi connectivity index (χ1v) is 11.0. The van der Waals surface area contributed by atoms with Crippen molar-refractivity contribution < 1.29 is 9.53 Å². The molecule has 0 saturated carbocycles. The van der Waals surface area contributed by atoms with Crippen LogP contribution in [-0.2, 0) is 11.3 Å². The number of methoxy groups -OCH3 is 1. The van der Waals surface area contributed by atoms with Crippen molar-refractivity contribution in [3.8, 4) is 0 Å². The second kappa shape index (κ2) is 10.4. The molecule has 5 nitrogen and oxygen atoms in total. The molecule has 32 heavy (non-hydrogen) atoms. The van der Waals surface area contributed by atoms with Crippen LogP contribution in [0.25, 0.3) is 0 Å². The minimum atomic E-state index is -0.345. The number of hydrogen-bond acceptors (Lipinski definition) is 4. The first-order chi connectivity index (χ1) is 15.6. The molecular weight excluding hydrogens is 422 g/mol. The maximum atomic E-state index is 11.8. The van der Waals surface area contributed by atoms with Crippen molar-refractivity contribution in [1.29, 1.82) is 0 Å². The van der Waals surface area contributed by atoms with Crippen molar-refractivity contribution in [3.05, 3.63) is 101 Å². The van der Waals surface area contributed by atoms with Crippen LogP contribution in [0, 0.1) is 0 Å². The van der Waals surface area contributed by atoms with E-state index in [2.05, 4.69) is 34.1 Å². The molecule has 0 radical (unpaired) electrons. The Morgan fingerprint density at radius 1 is 0.875 bits per heavy atom. The number of rotatable bonds is 5. The summed E-state index contributed by atoms with van der Waals surface area (Å²) in [6, 6.07) is 25.5. The lowest BCUT2D eigenvalue weighted by Crippen LogP contribution is -2.48. The molecule has 0 atom stereocenters. The highest BCUT2D eigenvalue weighted by atomic mass is 35.5. The Bertz CT molecular complexity index is 1060. The molecule has 1 heterocycles. The van der Waals surface area contributed by atoms with Gasteiger partial charge in [0.2, 0.25) is 0 Å². The Balaban J connectivity index is 1.54. The normalized spacial score (nSPS) is 14.9. The van der Waals surface area contributed by atoms with Gasteiger partial charge in [0, 0.05) is 43.3 Å². The molecule has 1 saturated heterocycles. The number of nitrogens with zero attached hydrogens (tertiary/aromatic N) is 3. The van der Waals surface area contributed by atoms with E-state index in [1.54, 1.807) is 12.1 Å². The summed E-state index contributed by atoms with van der Waals surface area (Å²) in [7, 11) is 1.39. The zero-order valence-electron chi connectivity index (χ0n) is 18.1. The highest BCUT2D eigenvalue weighted by Crippen LogP contribution is 2.21. The fourth-order valence-electron chi connectivity index (χ4n) is 3.79. The minimum Gasteiger partial charge on any atom is -0.465 e. The average molecular weight is 448 g/mol. The van der Waals surface area contributed by atoms with Crippen molar-refractivity contribution in [1.82, 2.24) is 9.80 Å². The lowest BCUT2D eigenvalue weighted by molar-refractivity contribution is 0.0600. The van der Waals surface area contributed by atoms with Gasteiger partial charge >= 0.3 is 5.97 Å². The molecule has 0 unspecified atom stereocenters. The van der Waals surface area contributed by atoms with E-state index < -0.39 is 0 Å². The van der Waals surface area contributed by atoms with Crippen LogP contribution in [-0.4, -0.2) is 54.9 Å². The van der Waals surface area contributed by atoms with Crippen LogP contribution in [0.15, 0.2) is 83.9 Å². The zero-order chi connectivity index (χ0) is 22.3. The molecule has 0 amide bonds. The number of aliphatic imine (C=N–C) groups is 1. The molecule has 3 aromatic rings. The molecule has 164 valence electrons. The monoisotopic (exact) mass is 447 g/mol. The van der Waals surface area contributed by atoms with E-state index in [4.69, 9.17) is 21.3 Å². The Hall–Kier alpha value is -3.15. The minimum absolute atomic E-state index is 0.345. The topological polar surface area (TPSA) is 45.1 Å². The number of piperazine rings is 1. The third-order valence-electron chi connectivity index (χ3n) is 5.55. The van der Waals surface area contributed by atoms with Gasteiger partial charge in [0.15, 0.2) is 0 Å². The van der Waals surface area contributed by atoms with Gasteiger partial charge in [-0.25, -0.2) is 9.79 Å². The van der Waals surface area contributed by atoms with Crippen LogP contribution in [0.4, 0.5) is 5.69 Å². The van der Waals surface area contributed by atoms with Crippen LogP contribution < -0.4 is 0 Å². The lowest BCUT2D eigenvalue weighted by Gasteiger charge is -2.36. The van der Waals surface area contributed by atoms with Gasteiger partial charge in [0.25, 0.3) is 0 Å². The molecular formula is C26H26ClN3O2. The maximum Gasteiger partial charge on any atom is 0.337 e. The number of esters is 1. The third-order valence-corrected chi connectivity index (χ3v) is 5.80. The third kappa shape index (κ3) is 5.55. The molecule has 4 rings (SSSR count). The van der Waals surface area contributed by atoms with Gasteiger partial charge in [-0.2, -0.15) is 0 Å². The average Bonchev–Trinajstić information content (AvgIpc) is 2.85. The largest absolute Gasteiger partial charge is 0.465 e. The highest BCUT2D eigenvalue weighted by Gasteiger charge is 2.21. The summed E-state index contributed by atoms with van der Waals surface area (Å²) in [5.74, 6) is 0.547. The molecule has 0 bridgehead atoms. The molecule has 6 heteroatoms. The molecule has 0 aliphatic carbocycles. The van der Waals surface area contributed by atoms with Crippen molar-refractivity contribution in [2.24, 2.45) is 4.99 Å². The van der Waals surface area contributed by atoms with E-state index in [-0.39, 0.29) is 5.97 Å². The number of halogens is 1. The molecule has 1 aliphatic heterocycles. The van der Waals surface area contributed by atoms with Crippen molar-refractivity contribution >= 4 is 29.1 Å². The molecule has 3 aromatic carbocycles. The maximum absolute atomic E-state index is 11.8. The number of carbonyl (C=O) groups is 1. The van der Waals surface area contributed by atoms with E-state index >= 15 is 0 Å². The van der Waals surface area contributed by atoms with Gasteiger partial charge in [0.05, 0.1) is 18.4 Å². The fourth-order valence-corrected chi connectivity index (χ4v) is 3.91. The van der Waals surface area contributed by atoms with E-state index in [9.17, 15) is 4.79 Å². The van der Waals surface area contributed by atoms with Crippen LogP contribution >= 0.6 is 11.6 Å².